The maximum atomic E-state index is 12.0. The third-order valence-electron chi connectivity index (χ3n) is 2.33. The van der Waals surface area contributed by atoms with Crippen LogP contribution in [0, 0.1) is 0 Å². The second-order valence-corrected chi connectivity index (χ2v) is 4.70. The summed E-state index contributed by atoms with van der Waals surface area (Å²) in [7, 11) is 0. The van der Waals surface area contributed by atoms with Gasteiger partial charge >= 0.3 is 0 Å². The number of rotatable bonds is 4. The lowest BCUT2D eigenvalue weighted by atomic mass is 10.3. The van der Waals surface area contributed by atoms with Crippen LogP contribution in [0.1, 0.15) is 17.4 Å². The van der Waals surface area contributed by atoms with E-state index in [1.54, 1.807) is 6.20 Å². The maximum absolute atomic E-state index is 12.0. The van der Waals surface area contributed by atoms with Gasteiger partial charge in [0, 0.05) is 16.7 Å². The molecule has 6 heteroatoms. The van der Waals surface area contributed by atoms with Crippen molar-refractivity contribution in [1.82, 2.24) is 9.97 Å². The number of carbonyl (C=O) groups is 1. The van der Waals surface area contributed by atoms with Gasteiger partial charge < -0.3 is 10.6 Å². The number of benzene rings is 1. The van der Waals surface area contributed by atoms with Crippen LogP contribution in [0.25, 0.3) is 0 Å². The molecule has 2 N–H and O–H groups in total. The van der Waals surface area contributed by atoms with Crippen molar-refractivity contribution in [2.24, 2.45) is 0 Å². The molecule has 19 heavy (non-hydrogen) atoms. The number of hydrogen-bond donors (Lipinski definition) is 2. The van der Waals surface area contributed by atoms with Gasteiger partial charge in [-0.2, -0.15) is 0 Å². The Morgan fingerprint density at radius 2 is 2.00 bits per heavy atom. The molecular formula is C13H13BrN4O. The van der Waals surface area contributed by atoms with E-state index in [9.17, 15) is 4.79 Å². The lowest BCUT2D eigenvalue weighted by Gasteiger charge is -2.06. The lowest BCUT2D eigenvalue weighted by Crippen LogP contribution is -2.15. The molecule has 5 nitrogen and oxygen atoms in total. The van der Waals surface area contributed by atoms with Crippen LogP contribution < -0.4 is 10.6 Å². The number of hydrogen-bond acceptors (Lipinski definition) is 4. The highest BCUT2D eigenvalue weighted by Gasteiger charge is 2.09. The standard InChI is InChI=1S/C13H13BrN4O/c1-2-16-12-8-15-7-11(18-12)13(19)17-10-5-3-9(14)4-6-10/h3-8H,2H2,1H3,(H,16,18)(H,17,19). The first-order chi connectivity index (χ1) is 9.19. The fraction of sp³-hybridized carbons (Fsp3) is 0.154. The van der Waals surface area contributed by atoms with Crippen molar-refractivity contribution in [1.29, 1.82) is 0 Å². The Morgan fingerprint density at radius 3 is 2.68 bits per heavy atom. The maximum Gasteiger partial charge on any atom is 0.275 e. The first-order valence-electron chi connectivity index (χ1n) is 5.82. The minimum absolute atomic E-state index is 0.279. The van der Waals surface area contributed by atoms with E-state index in [-0.39, 0.29) is 11.6 Å². The molecule has 1 aromatic carbocycles. The van der Waals surface area contributed by atoms with Crippen molar-refractivity contribution in [2.45, 2.75) is 6.92 Å². The fourth-order valence-corrected chi connectivity index (χ4v) is 1.73. The largest absolute Gasteiger partial charge is 0.369 e. The first-order valence-corrected chi connectivity index (χ1v) is 6.61. The smallest absolute Gasteiger partial charge is 0.275 e. The van der Waals surface area contributed by atoms with Crippen molar-refractivity contribution in [2.75, 3.05) is 17.2 Å². The van der Waals surface area contributed by atoms with Crippen molar-refractivity contribution in [3.8, 4) is 0 Å². The van der Waals surface area contributed by atoms with Crippen molar-refractivity contribution in [3.05, 3.63) is 46.8 Å². The third-order valence-corrected chi connectivity index (χ3v) is 2.86. The zero-order valence-electron chi connectivity index (χ0n) is 10.4. The van der Waals surface area contributed by atoms with E-state index in [2.05, 4.69) is 36.5 Å². The zero-order chi connectivity index (χ0) is 13.7. The first kappa shape index (κ1) is 13.5. The average molecular weight is 321 g/mol. The molecule has 2 aromatic rings. The van der Waals surface area contributed by atoms with Crippen LogP contribution in [0.5, 0.6) is 0 Å². The minimum Gasteiger partial charge on any atom is -0.369 e. The SMILES string of the molecule is CCNc1cncc(C(=O)Nc2ccc(Br)cc2)n1. The van der Waals surface area contributed by atoms with E-state index in [1.165, 1.54) is 6.20 Å². The van der Waals surface area contributed by atoms with Crippen LogP contribution >= 0.6 is 15.9 Å². The summed E-state index contributed by atoms with van der Waals surface area (Å²) in [6, 6.07) is 7.33. The van der Waals surface area contributed by atoms with Gasteiger partial charge in [0.25, 0.3) is 5.91 Å². The fourth-order valence-electron chi connectivity index (χ4n) is 1.47. The molecular weight excluding hydrogens is 308 g/mol. The van der Waals surface area contributed by atoms with Crippen molar-refractivity contribution < 1.29 is 4.79 Å². The molecule has 1 aromatic heterocycles. The van der Waals surface area contributed by atoms with Gasteiger partial charge in [0.2, 0.25) is 0 Å². The molecule has 0 aliphatic rings. The molecule has 0 atom stereocenters. The molecule has 0 spiro atoms. The summed E-state index contributed by atoms with van der Waals surface area (Å²) >= 11 is 3.34. The topological polar surface area (TPSA) is 66.9 Å². The number of aromatic nitrogens is 2. The van der Waals surface area contributed by atoms with Gasteiger partial charge in [0.1, 0.15) is 11.5 Å². The van der Waals surface area contributed by atoms with Gasteiger partial charge in [-0.25, -0.2) is 4.98 Å². The van der Waals surface area contributed by atoms with Crippen LogP contribution in [-0.4, -0.2) is 22.4 Å². The van der Waals surface area contributed by atoms with Crippen molar-refractivity contribution >= 4 is 33.3 Å². The summed E-state index contributed by atoms with van der Waals surface area (Å²) in [5.74, 6) is 0.306. The van der Waals surface area contributed by atoms with Crippen LogP contribution in [0.15, 0.2) is 41.1 Å². The number of anilines is 2. The predicted molar refractivity (Wildman–Crippen MR) is 78.3 cm³/mol. The predicted octanol–water partition coefficient (Wildman–Crippen LogP) is 2.92. The van der Waals surface area contributed by atoms with E-state index >= 15 is 0 Å². The molecule has 0 saturated carbocycles. The van der Waals surface area contributed by atoms with E-state index in [0.29, 0.717) is 11.5 Å². The quantitative estimate of drug-likeness (QED) is 0.909. The van der Waals surface area contributed by atoms with Gasteiger partial charge in [-0.3, -0.25) is 9.78 Å². The molecule has 2 rings (SSSR count). The Bertz CT molecular complexity index is 571. The normalized spacial score (nSPS) is 10.0. The second kappa shape index (κ2) is 6.29. The number of nitrogens with one attached hydrogen (secondary N) is 2. The summed E-state index contributed by atoms with van der Waals surface area (Å²) in [5, 5.41) is 5.78. The number of carbonyl (C=O) groups excluding carboxylic acids is 1. The number of nitrogens with zero attached hydrogens (tertiary/aromatic N) is 2. The Hall–Kier alpha value is -1.95. The lowest BCUT2D eigenvalue weighted by molar-refractivity contribution is 0.102. The molecule has 1 amide bonds. The third kappa shape index (κ3) is 3.75. The highest BCUT2D eigenvalue weighted by Crippen LogP contribution is 2.14. The van der Waals surface area contributed by atoms with E-state index in [1.807, 2.05) is 31.2 Å². The molecule has 0 bridgehead atoms. The van der Waals surface area contributed by atoms with Gasteiger partial charge in [-0.15, -0.1) is 0 Å². The molecule has 98 valence electrons. The van der Waals surface area contributed by atoms with Gasteiger partial charge in [0.15, 0.2) is 0 Å². The molecule has 1 heterocycles. The summed E-state index contributed by atoms with van der Waals surface area (Å²) in [4.78, 5) is 20.2. The van der Waals surface area contributed by atoms with Gasteiger partial charge in [0.05, 0.1) is 12.4 Å². The summed E-state index contributed by atoms with van der Waals surface area (Å²) in [6.45, 7) is 2.68. The Kier molecular flexibility index (Phi) is 4.46. The summed E-state index contributed by atoms with van der Waals surface area (Å²) < 4.78 is 0.958. The molecule has 0 radical (unpaired) electrons. The van der Waals surface area contributed by atoms with Crippen LogP contribution in [0.2, 0.25) is 0 Å². The summed E-state index contributed by atoms with van der Waals surface area (Å²) in [5.41, 5.74) is 0.991. The van der Waals surface area contributed by atoms with Crippen molar-refractivity contribution in [3.63, 3.8) is 0 Å². The second-order valence-electron chi connectivity index (χ2n) is 3.78. The van der Waals surface area contributed by atoms with E-state index < -0.39 is 0 Å². The molecule has 0 fully saturated rings. The zero-order valence-corrected chi connectivity index (χ0v) is 11.9. The van der Waals surface area contributed by atoms with Gasteiger partial charge in [-0.1, -0.05) is 15.9 Å². The van der Waals surface area contributed by atoms with Crippen LogP contribution in [0.3, 0.4) is 0 Å². The minimum atomic E-state index is -0.283. The Labute approximate surface area is 119 Å². The highest BCUT2D eigenvalue weighted by molar-refractivity contribution is 9.10. The molecule has 0 aliphatic carbocycles. The van der Waals surface area contributed by atoms with E-state index in [0.717, 1.165) is 11.0 Å². The van der Waals surface area contributed by atoms with Crippen LogP contribution in [0.4, 0.5) is 11.5 Å². The Balaban J connectivity index is 2.11. The molecule has 0 saturated heterocycles. The Morgan fingerprint density at radius 1 is 1.26 bits per heavy atom. The van der Waals surface area contributed by atoms with Crippen LogP contribution in [-0.2, 0) is 0 Å². The average Bonchev–Trinajstić information content (AvgIpc) is 2.42. The monoisotopic (exact) mass is 320 g/mol. The number of halogens is 1. The van der Waals surface area contributed by atoms with Gasteiger partial charge in [-0.05, 0) is 31.2 Å². The highest BCUT2D eigenvalue weighted by atomic mass is 79.9. The number of amides is 1. The summed E-state index contributed by atoms with van der Waals surface area (Å²) in [6.07, 6.45) is 3.02. The van der Waals surface area contributed by atoms with E-state index in [4.69, 9.17) is 0 Å². The molecule has 0 aliphatic heterocycles. The molecule has 0 unspecified atom stereocenters.